The number of fused-ring (bicyclic) bond motifs is 7. The van der Waals surface area contributed by atoms with E-state index >= 15 is 0 Å². The average molecular weight is 1390 g/mol. The maximum atomic E-state index is 13.9. The molecule has 5 aliphatic heterocycles. The second-order valence-corrected chi connectivity index (χ2v) is 30.9. The van der Waals surface area contributed by atoms with E-state index in [1.165, 1.54) is 13.8 Å². The van der Waals surface area contributed by atoms with Gasteiger partial charge in [0.05, 0.1) is 50.2 Å². The van der Waals surface area contributed by atoms with Crippen molar-refractivity contribution < 1.29 is 153 Å². The summed E-state index contributed by atoms with van der Waals surface area (Å²) in [5.74, 6) is -4.16. The normalized spacial score (nSPS) is 51.3. The minimum Gasteiger partial charge on any atom is -0.479 e. The largest absolute Gasteiger partial charge is 0.479 e. The van der Waals surface area contributed by atoms with E-state index in [0.717, 1.165) is 5.57 Å². The number of aliphatic hydroxyl groups excluding tert-OH is 15. The van der Waals surface area contributed by atoms with Gasteiger partial charge in [0.1, 0.15) is 116 Å². The number of carboxylic acid groups (broad SMARTS) is 1. The van der Waals surface area contributed by atoms with Crippen molar-refractivity contribution in [3.8, 4) is 0 Å². The Hall–Kier alpha value is -3.11. The molecular weight excluding hydrogens is 1290 g/mol. The number of allylic oxidation sites excluding steroid dienone is 3. The van der Waals surface area contributed by atoms with Gasteiger partial charge in [-0.2, -0.15) is 0 Å². The average Bonchev–Trinajstić information content (AvgIpc) is 0.668. The molecule has 31 nitrogen and oxygen atoms in total. The minimum absolute atomic E-state index is 0.0543. The van der Waals surface area contributed by atoms with Crippen LogP contribution in [0.15, 0.2) is 23.3 Å². The molecular formula is C66H104O31. The van der Waals surface area contributed by atoms with Gasteiger partial charge in [-0.3, -0.25) is 4.79 Å². The lowest BCUT2D eigenvalue weighted by molar-refractivity contribution is -0.400. The van der Waals surface area contributed by atoms with Crippen molar-refractivity contribution in [1.82, 2.24) is 0 Å². The van der Waals surface area contributed by atoms with Gasteiger partial charge in [-0.05, 0) is 105 Å². The minimum atomic E-state index is -2.25. The summed E-state index contributed by atoms with van der Waals surface area (Å²) in [4.78, 5) is 40.7. The number of carbonyl (C=O) groups excluding carboxylic acids is 2. The molecule has 35 atom stereocenters. The molecule has 0 amide bonds. The lowest BCUT2D eigenvalue weighted by atomic mass is 9.33. The number of esters is 2. The number of carboxylic acids is 1. The lowest BCUT2D eigenvalue weighted by Gasteiger charge is -2.72. The molecule has 5 heterocycles. The molecule has 9 fully saturated rings. The van der Waals surface area contributed by atoms with Gasteiger partial charge in [-0.25, -0.2) is 9.59 Å². The summed E-state index contributed by atoms with van der Waals surface area (Å²) in [5, 5.41) is 177. The summed E-state index contributed by atoms with van der Waals surface area (Å²) in [6.45, 7) is 17.4. The molecule has 31 heteroatoms. The molecule has 0 aromatic heterocycles. The van der Waals surface area contributed by atoms with Crippen LogP contribution in [0.2, 0.25) is 0 Å². The van der Waals surface area contributed by atoms with Crippen LogP contribution in [0.3, 0.4) is 0 Å². The number of carbonyl (C=O) groups is 3. The third kappa shape index (κ3) is 13.1. The highest BCUT2D eigenvalue weighted by Crippen LogP contribution is 2.76. The van der Waals surface area contributed by atoms with Gasteiger partial charge in [0.2, 0.25) is 0 Å². The molecule has 10 rings (SSSR count). The van der Waals surface area contributed by atoms with Crippen molar-refractivity contribution >= 4 is 17.9 Å². The molecule has 0 spiro atoms. The fraction of sp³-hybridized carbons (Fsp3) is 0.894. The molecule has 554 valence electrons. The highest BCUT2D eigenvalue weighted by molar-refractivity contribution is 5.87. The van der Waals surface area contributed by atoms with Crippen molar-refractivity contribution in [1.29, 1.82) is 0 Å². The zero-order chi connectivity index (χ0) is 71.5. The highest BCUT2D eigenvalue weighted by Gasteiger charge is 2.74. The van der Waals surface area contributed by atoms with Crippen LogP contribution in [0.5, 0.6) is 0 Å². The molecule has 5 unspecified atom stereocenters. The molecule has 5 aliphatic carbocycles. The Morgan fingerprint density at radius 2 is 1.18 bits per heavy atom. The van der Waals surface area contributed by atoms with Crippen molar-refractivity contribution in [3.05, 3.63) is 23.3 Å². The van der Waals surface area contributed by atoms with Crippen LogP contribution in [-0.4, -0.2) is 298 Å². The molecule has 0 aromatic rings. The summed E-state index contributed by atoms with van der Waals surface area (Å²) >= 11 is 0. The first-order valence-electron chi connectivity index (χ1n) is 33.8. The first-order valence-corrected chi connectivity index (χ1v) is 33.8. The molecule has 10 aliphatic rings. The lowest BCUT2D eigenvalue weighted by Crippen LogP contribution is -2.73. The first kappa shape index (κ1) is 76.5. The van der Waals surface area contributed by atoms with E-state index < -0.39 is 255 Å². The number of hydrogen-bond acceptors (Lipinski definition) is 30. The Kier molecular flexibility index (Phi) is 22.5. The Morgan fingerprint density at radius 3 is 1.77 bits per heavy atom. The van der Waals surface area contributed by atoms with E-state index in [9.17, 15) is 96.1 Å². The standard InChI is InChI=1S/C66H104O31/c1-12-25(2)55(85)97-52-53(89-27(4)69)66(24-87-56-44(79)42(77)39(74)31(21-67)90-56)29(19-61(52,5)6)28-13-14-34-63(9)17-16-36(62(7,8)33(63)15-18-64(34,10)65(28,11)20-35(66)71)92-60-51(96-58-46(81)43(78)40(75)32(22-68)91-58)48(47(82)49(94-60)54(83)84)93-59-50(38(73)30(70)23-86-59)95-57-45(80)41(76)37(72)26(3)88-57/h12-13,26,29-53,56-60,67-68,70-82H,14-24H2,1-11H3,(H,83,84)/b25-12+/t26?,29-,30-,31+,32+,33-,34+,35+,36-,37?,38-,39+,40-,41?,42-,43-,44+,45?,46+,47-,48-,49-,50+,51+,52-,53-,56+,57?,58-,59-,60+,63-,64+,65+,66-/m0/s1. The van der Waals surface area contributed by atoms with E-state index in [2.05, 4.69) is 26.8 Å². The number of aliphatic hydroxyl groups is 15. The monoisotopic (exact) mass is 1390 g/mol. The van der Waals surface area contributed by atoms with Crippen molar-refractivity contribution in [2.24, 2.45) is 50.2 Å². The summed E-state index contributed by atoms with van der Waals surface area (Å²) < 4.78 is 74.1. The molecule has 0 radical (unpaired) electrons. The third-order valence-electron chi connectivity index (χ3n) is 24.7. The predicted octanol–water partition coefficient (Wildman–Crippen LogP) is -2.98. The Labute approximate surface area is 562 Å². The number of hydrogen-bond donors (Lipinski definition) is 16. The van der Waals surface area contributed by atoms with E-state index in [4.69, 9.17) is 56.8 Å². The van der Waals surface area contributed by atoms with Crippen LogP contribution in [0.1, 0.15) is 121 Å². The highest BCUT2D eigenvalue weighted by atomic mass is 16.8. The quantitative estimate of drug-likeness (QED) is 0.0299. The fourth-order valence-electron chi connectivity index (χ4n) is 18.8. The summed E-state index contributed by atoms with van der Waals surface area (Å²) in [6, 6.07) is 0. The van der Waals surface area contributed by atoms with Crippen LogP contribution >= 0.6 is 0 Å². The van der Waals surface area contributed by atoms with Gasteiger partial charge < -0.3 is 139 Å². The number of aliphatic carboxylic acids is 1. The molecule has 97 heavy (non-hydrogen) atoms. The number of rotatable bonds is 17. The van der Waals surface area contributed by atoms with Crippen LogP contribution < -0.4 is 0 Å². The van der Waals surface area contributed by atoms with Gasteiger partial charge in [0.15, 0.2) is 37.6 Å². The van der Waals surface area contributed by atoms with E-state index in [-0.39, 0.29) is 36.7 Å². The molecule has 5 saturated heterocycles. The zero-order valence-electron chi connectivity index (χ0n) is 56.6. The van der Waals surface area contributed by atoms with Crippen LogP contribution in [-0.2, 0) is 71.2 Å². The Bertz CT molecular complexity index is 2860. The second-order valence-electron chi connectivity index (χ2n) is 30.9. The zero-order valence-corrected chi connectivity index (χ0v) is 56.6. The van der Waals surface area contributed by atoms with E-state index in [0.29, 0.717) is 25.7 Å². The van der Waals surface area contributed by atoms with Crippen LogP contribution in [0, 0.1) is 50.2 Å². The van der Waals surface area contributed by atoms with Gasteiger partial charge in [-0.15, -0.1) is 0 Å². The molecule has 0 aromatic carbocycles. The van der Waals surface area contributed by atoms with E-state index in [1.807, 2.05) is 27.7 Å². The maximum absolute atomic E-state index is 13.9. The molecule has 4 saturated carbocycles. The summed E-state index contributed by atoms with van der Waals surface area (Å²) in [7, 11) is 0. The Morgan fingerprint density at radius 1 is 0.598 bits per heavy atom. The van der Waals surface area contributed by atoms with Crippen molar-refractivity contribution in [2.75, 3.05) is 26.4 Å². The summed E-state index contributed by atoms with van der Waals surface area (Å²) in [6.07, 6.45) is -42.3. The van der Waals surface area contributed by atoms with Crippen LogP contribution in [0.4, 0.5) is 0 Å². The SMILES string of the molecule is C/C=C(\C)C(=O)O[C@H]1[C@H](OC(C)=O)[C@]2(CO[C@@H]3O[C@H](CO)[C@@H](O)[C@H](O)[C@H]3O)[C@H](O)C[C@]3(C)C(=CC[C@@H]4[C@@]5(C)CC[C@H](O[C@@H]6O[C@H](C(=O)O)[C@@H](O)[C@H](O[C@@H]7OC[C@H](O)[C@H](O)[C@H]7OC7OC(C)C(O)C(O)C7O)[C@H]6O[C@@H]6O[C@H](CO)[C@H](O)[C@H](O)[C@H]6O)C(C)(C)[C@@H]5CC[C@]43C)[C@@H]2CC1(C)C. The molecule has 16 N–H and O–H groups in total. The summed E-state index contributed by atoms with van der Waals surface area (Å²) in [5.41, 5.74) is -4.22. The van der Waals surface area contributed by atoms with Gasteiger partial charge in [-0.1, -0.05) is 66.2 Å². The van der Waals surface area contributed by atoms with E-state index in [1.54, 1.807) is 19.9 Å². The predicted molar refractivity (Wildman–Crippen MR) is 325 cm³/mol. The van der Waals surface area contributed by atoms with Crippen molar-refractivity contribution in [2.45, 2.75) is 293 Å². The van der Waals surface area contributed by atoms with Gasteiger partial charge in [0, 0.05) is 17.9 Å². The maximum Gasteiger partial charge on any atom is 0.335 e. The van der Waals surface area contributed by atoms with Crippen LogP contribution in [0.25, 0.3) is 0 Å². The topological polar surface area (TPSA) is 486 Å². The van der Waals surface area contributed by atoms with Crippen molar-refractivity contribution in [3.63, 3.8) is 0 Å². The fourth-order valence-corrected chi connectivity index (χ4v) is 18.8. The molecule has 0 bridgehead atoms. The first-order chi connectivity index (χ1) is 45.3. The van der Waals surface area contributed by atoms with Gasteiger partial charge >= 0.3 is 17.9 Å². The Balaban J connectivity index is 0.986. The number of ether oxygens (including phenoxy) is 12. The third-order valence-corrected chi connectivity index (χ3v) is 24.7. The van der Waals surface area contributed by atoms with Gasteiger partial charge in [0.25, 0.3) is 0 Å². The smallest absolute Gasteiger partial charge is 0.335 e. The second kappa shape index (κ2) is 28.5.